The summed E-state index contributed by atoms with van der Waals surface area (Å²) in [7, 11) is -1.96. The van der Waals surface area contributed by atoms with Gasteiger partial charge in [0, 0.05) is 25.1 Å². The number of benzene rings is 1. The Hall–Kier alpha value is -1.86. The lowest BCUT2D eigenvalue weighted by Crippen LogP contribution is -2.19. The van der Waals surface area contributed by atoms with Gasteiger partial charge in [0.2, 0.25) is 5.78 Å². The molecular formula is C14H15ClN2O4S. The lowest BCUT2D eigenvalue weighted by Gasteiger charge is -2.11. The average Bonchev–Trinajstić information content (AvgIpc) is 2.77. The van der Waals surface area contributed by atoms with E-state index < -0.39 is 21.2 Å². The Labute approximate surface area is 132 Å². The Morgan fingerprint density at radius 3 is 2.41 bits per heavy atom. The second-order valence-corrected chi connectivity index (χ2v) is 7.27. The Morgan fingerprint density at radius 1 is 1.32 bits per heavy atom. The van der Waals surface area contributed by atoms with Gasteiger partial charge in [0.15, 0.2) is 9.84 Å². The fraction of sp³-hybridized carbons (Fsp3) is 0.286. The average molecular weight is 343 g/mol. The Morgan fingerprint density at radius 2 is 1.95 bits per heavy atom. The van der Waals surface area contributed by atoms with Crippen molar-refractivity contribution < 1.29 is 13.2 Å². The van der Waals surface area contributed by atoms with Crippen molar-refractivity contribution in [3.05, 3.63) is 50.4 Å². The van der Waals surface area contributed by atoms with Crippen molar-refractivity contribution in [1.82, 2.24) is 9.78 Å². The first-order chi connectivity index (χ1) is 10.2. The van der Waals surface area contributed by atoms with Crippen LogP contribution in [0.4, 0.5) is 0 Å². The van der Waals surface area contributed by atoms with Gasteiger partial charge in [0.1, 0.15) is 5.56 Å². The molecule has 1 N–H and O–H groups in total. The molecule has 0 spiro atoms. The van der Waals surface area contributed by atoms with E-state index in [1.165, 1.54) is 30.1 Å². The number of aromatic nitrogens is 2. The number of sulfone groups is 1. The van der Waals surface area contributed by atoms with Crippen LogP contribution in [0.2, 0.25) is 5.02 Å². The van der Waals surface area contributed by atoms with Gasteiger partial charge in [-0.2, -0.15) is 0 Å². The third kappa shape index (κ3) is 2.74. The molecule has 0 aliphatic rings. The molecule has 0 saturated heterocycles. The summed E-state index contributed by atoms with van der Waals surface area (Å²) < 4.78 is 24.7. The second-order valence-electron chi connectivity index (χ2n) is 4.91. The van der Waals surface area contributed by atoms with Crippen molar-refractivity contribution in [1.29, 1.82) is 0 Å². The number of aryl methyl sites for hydroxylation is 1. The third-order valence-corrected chi connectivity index (χ3v) is 4.99. The van der Waals surface area contributed by atoms with E-state index in [2.05, 4.69) is 5.10 Å². The van der Waals surface area contributed by atoms with Gasteiger partial charge in [-0.25, -0.2) is 8.42 Å². The molecule has 0 radical (unpaired) electrons. The van der Waals surface area contributed by atoms with Gasteiger partial charge in [-0.05, 0) is 24.1 Å². The molecule has 8 heteroatoms. The van der Waals surface area contributed by atoms with Crippen LogP contribution in [0, 0.1) is 0 Å². The predicted molar refractivity (Wildman–Crippen MR) is 83.4 cm³/mol. The maximum atomic E-state index is 12.5. The zero-order valence-electron chi connectivity index (χ0n) is 12.3. The zero-order valence-corrected chi connectivity index (χ0v) is 13.9. The van der Waals surface area contributed by atoms with E-state index in [1.807, 2.05) is 0 Å². The third-order valence-electron chi connectivity index (χ3n) is 3.38. The van der Waals surface area contributed by atoms with Crippen molar-refractivity contribution in [3.8, 4) is 0 Å². The van der Waals surface area contributed by atoms with Crippen LogP contribution >= 0.6 is 11.6 Å². The number of nitrogens with zero attached hydrogens (tertiary/aromatic N) is 1. The van der Waals surface area contributed by atoms with Gasteiger partial charge < -0.3 is 5.10 Å². The molecule has 0 aliphatic heterocycles. The molecule has 22 heavy (non-hydrogen) atoms. The molecule has 0 atom stereocenters. The number of nitrogens with one attached hydrogen (secondary N) is 1. The summed E-state index contributed by atoms with van der Waals surface area (Å²) in [5.74, 6) is -0.540. The number of aromatic amines is 1. The summed E-state index contributed by atoms with van der Waals surface area (Å²) in [6.45, 7) is 1.75. The van der Waals surface area contributed by atoms with E-state index in [4.69, 9.17) is 11.6 Å². The molecular weight excluding hydrogens is 328 g/mol. The highest BCUT2D eigenvalue weighted by molar-refractivity contribution is 7.90. The Kier molecular flexibility index (Phi) is 4.30. The minimum absolute atomic E-state index is 0.0430. The summed E-state index contributed by atoms with van der Waals surface area (Å²) in [5, 5.41) is 2.68. The Balaban J connectivity index is 2.66. The SMILES string of the molecule is CCc1c(S(C)(=O)=O)ccc(C(=O)c2c[nH]n(C)c2=O)c1Cl. The topological polar surface area (TPSA) is 89.0 Å². The van der Waals surface area contributed by atoms with Crippen molar-refractivity contribution in [2.75, 3.05) is 6.26 Å². The minimum Gasteiger partial charge on any atom is -0.302 e. The highest BCUT2D eigenvalue weighted by atomic mass is 35.5. The van der Waals surface area contributed by atoms with Crippen LogP contribution in [0.3, 0.4) is 0 Å². The first-order valence-corrected chi connectivity index (χ1v) is 8.76. The van der Waals surface area contributed by atoms with Crippen LogP contribution in [-0.2, 0) is 23.3 Å². The molecule has 1 heterocycles. The fourth-order valence-corrected chi connectivity index (χ4v) is 3.68. The maximum absolute atomic E-state index is 12.5. The van der Waals surface area contributed by atoms with Crippen molar-refractivity contribution >= 4 is 27.2 Å². The fourth-order valence-electron chi connectivity index (χ4n) is 2.23. The van der Waals surface area contributed by atoms with Crippen LogP contribution in [-0.4, -0.2) is 30.2 Å². The zero-order chi connectivity index (χ0) is 16.7. The molecule has 0 unspecified atom stereocenters. The molecule has 2 rings (SSSR count). The highest BCUT2D eigenvalue weighted by Crippen LogP contribution is 2.29. The molecule has 6 nitrogen and oxygen atoms in total. The van der Waals surface area contributed by atoms with E-state index in [-0.39, 0.29) is 21.0 Å². The molecule has 0 fully saturated rings. The normalized spacial score (nSPS) is 11.6. The van der Waals surface area contributed by atoms with Gasteiger partial charge in [-0.1, -0.05) is 18.5 Å². The number of rotatable bonds is 4. The number of ketones is 1. The molecule has 0 aliphatic carbocycles. The minimum atomic E-state index is -3.45. The standard InChI is InChI=1S/C14H15ClN2O4S/c1-4-8-11(22(3,20)21)6-5-9(12(8)15)13(18)10-7-16-17(2)14(10)19/h5-7,16H,4H2,1-3H3. The summed E-state index contributed by atoms with van der Waals surface area (Å²) >= 11 is 6.22. The number of hydrogen-bond acceptors (Lipinski definition) is 4. The van der Waals surface area contributed by atoms with Crippen LogP contribution in [0.1, 0.15) is 28.4 Å². The first kappa shape index (κ1) is 16.5. The van der Waals surface area contributed by atoms with E-state index in [1.54, 1.807) is 6.92 Å². The summed E-state index contributed by atoms with van der Waals surface area (Å²) in [4.78, 5) is 24.4. The lowest BCUT2D eigenvalue weighted by molar-refractivity contribution is 0.103. The van der Waals surface area contributed by atoms with Crippen LogP contribution in [0.25, 0.3) is 0 Å². The quantitative estimate of drug-likeness (QED) is 0.854. The number of carbonyl (C=O) groups is 1. The van der Waals surface area contributed by atoms with Crippen LogP contribution < -0.4 is 5.56 Å². The molecule has 1 aromatic heterocycles. The largest absolute Gasteiger partial charge is 0.302 e. The van der Waals surface area contributed by atoms with E-state index in [0.29, 0.717) is 12.0 Å². The molecule has 0 bridgehead atoms. The number of H-pyrrole nitrogens is 1. The molecule has 1 aromatic carbocycles. The lowest BCUT2D eigenvalue weighted by atomic mass is 10.0. The highest BCUT2D eigenvalue weighted by Gasteiger charge is 2.23. The monoisotopic (exact) mass is 342 g/mol. The summed E-state index contributed by atoms with van der Waals surface area (Å²) in [6.07, 6.45) is 2.74. The van der Waals surface area contributed by atoms with Crippen molar-refractivity contribution in [2.24, 2.45) is 7.05 Å². The van der Waals surface area contributed by atoms with Crippen molar-refractivity contribution in [3.63, 3.8) is 0 Å². The van der Waals surface area contributed by atoms with E-state index >= 15 is 0 Å². The molecule has 2 aromatic rings. The number of hydrogen-bond donors (Lipinski definition) is 1. The van der Waals surface area contributed by atoms with Gasteiger partial charge in [-0.3, -0.25) is 14.3 Å². The second kappa shape index (κ2) is 5.73. The molecule has 0 saturated carbocycles. The summed E-state index contributed by atoms with van der Waals surface area (Å²) in [5.41, 5.74) is -0.0187. The number of halogens is 1. The van der Waals surface area contributed by atoms with Gasteiger partial charge in [0.25, 0.3) is 5.56 Å². The first-order valence-electron chi connectivity index (χ1n) is 6.49. The summed E-state index contributed by atoms with van der Waals surface area (Å²) in [6, 6.07) is 2.69. The van der Waals surface area contributed by atoms with E-state index in [0.717, 1.165) is 6.26 Å². The molecule has 0 amide bonds. The smallest absolute Gasteiger partial charge is 0.277 e. The van der Waals surface area contributed by atoms with Crippen LogP contribution in [0.5, 0.6) is 0 Å². The maximum Gasteiger partial charge on any atom is 0.277 e. The van der Waals surface area contributed by atoms with Gasteiger partial charge >= 0.3 is 0 Å². The van der Waals surface area contributed by atoms with E-state index in [9.17, 15) is 18.0 Å². The molecule has 118 valence electrons. The Bertz CT molecular complexity index is 909. The van der Waals surface area contributed by atoms with Crippen molar-refractivity contribution in [2.45, 2.75) is 18.2 Å². The number of carbonyl (C=O) groups excluding carboxylic acids is 1. The van der Waals surface area contributed by atoms with Gasteiger partial charge in [-0.15, -0.1) is 0 Å². The van der Waals surface area contributed by atoms with Gasteiger partial charge in [0.05, 0.1) is 9.92 Å². The van der Waals surface area contributed by atoms with Crippen LogP contribution in [0.15, 0.2) is 28.0 Å². The predicted octanol–water partition coefficient (Wildman–Crippen LogP) is 1.56.